The summed E-state index contributed by atoms with van der Waals surface area (Å²) in [5.74, 6) is -0.166. The van der Waals surface area contributed by atoms with Gasteiger partial charge in [-0.3, -0.25) is 4.79 Å². The molecule has 138 valence electrons. The number of hydrogen-bond acceptors (Lipinski definition) is 2. The summed E-state index contributed by atoms with van der Waals surface area (Å²) in [6.45, 7) is 7.01. The number of benzene rings is 2. The van der Waals surface area contributed by atoms with Crippen molar-refractivity contribution in [3.63, 3.8) is 0 Å². The molecule has 0 N–H and O–H groups in total. The lowest BCUT2D eigenvalue weighted by Gasteiger charge is -2.22. The van der Waals surface area contributed by atoms with E-state index in [0.29, 0.717) is 13.1 Å². The number of hydrogen-bond donors (Lipinski definition) is 0. The van der Waals surface area contributed by atoms with Crippen molar-refractivity contribution in [3.05, 3.63) is 102 Å². The van der Waals surface area contributed by atoms with Crippen LogP contribution < -0.4 is 0 Å². The molecular weight excluding hydrogens is 341 g/mol. The third kappa shape index (κ3) is 4.50. The van der Waals surface area contributed by atoms with Gasteiger partial charge in [-0.15, -0.1) is 6.58 Å². The van der Waals surface area contributed by atoms with E-state index in [2.05, 4.69) is 36.7 Å². The zero-order valence-electron chi connectivity index (χ0n) is 15.3. The lowest BCUT2D eigenvalue weighted by Crippen LogP contribution is -2.32. The van der Waals surface area contributed by atoms with Gasteiger partial charge >= 0.3 is 0 Å². The molecule has 27 heavy (non-hydrogen) atoms. The standard InChI is InChI=1S/C22H22FN3O/c1-3-12-26(22(27)19-9-4-5-10-20(19)23)16-21-24-11-13-25(21)15-18-8-6-7-17(2)14-18/h3-11,13-14H,1,12,15-16H2,2H3. The summed E-state index contributed by atoms with van der Waals surface area (Å²) in [6.07, 6.45) is 5.23. The van der Waals surface area contributed by atoms with Crippen LogP contribution in [-0.4, -0.2) is 26.9 Å². The van der Waals surface area contributed by atoms with Crippen LogP contribution in [0.1, 0.15) is 27.3 Å². The maximum Gasteiger partial charge on any atom is 0.257 e. The summed E-state index contributed by atoms with van der Waals surface area (Å²) >= 11 is 0. The Hall–Kier alpha value is -3.21. The minimum atomic E-state index is -0.528. The van der Waals surface area contributed by atoms with Crippen LogP contribution in [0.15, 0.2) is 73.6 Å². The van der Waals surface area contributed by atoms with Crippen molar-refractivity contribution in [2.75, 3.05) is 6.54 Å². The highest BCUT2D eigenvalue weighted by Gasteiger charge is 2.20. The van der Waals surface area contributed by atoms with Crippen LogP contribution in [0.25, 0.3) is 0 Å². The van der Waals surface area contributed by atoms with E-state index in [1.807, 2.05) is 16.8 Å². The van der Waals surface area contributed by atoms with Crippen molar-refractivity contribution in [2.45, 2.75) is 20.0 Å². The van der Waals surface area contributed by atoms with Crippen LogP contribution >= 0.6 is 0 Å². The Bertz CT molecular complexity index is 948. The third-order valence-electron chi connectivity index (χ3n) is 4.31. The van der Waals surface area contributed by atoms with E-state index in [9.17, 15) is 9.18 Å². The van der Waals surface area contributed by atoms with Gasteiger partial charge in [-0.1, -0.05) is 48.0 Å². The number of aryl methyl sites for hydroxylation is 1. The molecule has 0 radical (unpaired) electrons. The van der Waals surface area contributed by atoms with Crippen molar-refractivity contribution < 1.29 is 9.18 Å². The fourth-order valence-electron chi connectivity index (χ4n) is 2.99. The van der Waals surface area contributed by atoms with Crippen LogP contribution in [0.2, 0.25) is 0 Å². The molecule has 0 bridgehead atoms. The summed E-state index contributed by atoms with van der Waals surface area (Å²) in [5, 5.41) is 0. The Morgan fingerprint density at radius 1 is 1.26 bits per heavy atom. The van der Waals surface area contributed by atoms with Crippen LogP contribution in [0.4, 0.5) is 4.39 Å². The fourth-order valence-corrected chi connectivity index (χ4v) is 2.99. The number of carbonyl (C=O) groups excluding carboxylic acids is 1. The monoisotopic (exact) mass is 363 g/mol. The Morgan fingerprint density at radius 3 is 2.81 bits per heavy atom. The Kier molecular flexibility index (Phi) is 5.81. The van der Waals surface area contributed by atoms with E-state index in [0.717, 1.165) is 11.4 Å². The van der Waals surface area contributed by atoms with Gasteiger partial charge in [0.15, 0.2) is 0 Å². The zero-order chi connectivity index (χ0) is 19.2. The number of nitrogens with zero attached hydrogens (tertiary/aromatic N) is 3. The molecule has 2 aromatic carbocycles. The van der Waals surface area contributed by atoms with Crippen LogP contribution in [0.5, 0.6) is 0 Å². The lowest BCUT2D eigenvalue weighted by molar-refractivity contribution is 0.0752. The molecule has 5 heteroatoms. The van der Waals surface area contributed by atoms with Gasteiger partial charge in [0.05, 0.1) is 12.1 Å². The van der Waals surface area contributed by atoms with Gasteiger partial charge in [0.25, 0.3) is 5.91 Å². The van der Waals surface area contributed by atoms with Crippen molar-refractivity contribution in [2.24, 2.45) is 0 Å². The molecule has 0 aliphatic rings. The van der Waals surface area contributed by atoms with Crippen molar-refractivity contribution in [1.29, 1.82) is 0 Å². The molecule has 0 aliphatic heterocycles. The quantitative estimate of drug-likeness (QED) is 0.590. The van der Waals surface area contributed by atoms with E-state index in [1.165, 1.54) is 17.7 Å². The molecule has 0 atom stereocenters. The van der Waals surface area contributed by atoms with Gasteiger partial charge in [-0.05, 0) is 24.6 Å². The average Bonchev–Trinajstić information content (AvgIpc) is 3.08. The molecule has 0 aliphatic carbocycles. The minimum Gasteiger partial charge on any atom is -0.329 e. The summed E-state index contributed by atoms with van der Waals surface area (Å²) in [7, 11) is 0. The largest absolute Gasteiger partial charge is 0.329 e. The van der Waals surface area contributed by atoms with Crippen molar-refractivity contribution >= 4 is 5.91 Å². The summed E-state index contributed by atoms with van der Waals surface area (Å²) in [5.41, 5.74) is 2.40. The van der Waals surface area contributed by atoms with E-state index in [4.69, 9.17) is 0 Å². The number of carbonyl (C=O) groups is 1. The molecule has 0 saturated carbocycles. The van der Waals surface area contributed by atoms with Gasteiger partial charge in [0.2, 0.25) is 0 Å². The highest BCUT2D eigenvalue weighted by atomic mass is 19.1. The highest BCUT2D eigenvalue weighted by Crippen LogP contribution is 2.14. The Morgan fingerprint density at radius 2 is 2.07 bits per heavy atom. The van der Waals surface area contributed by atoms with Crippen LogP contribution in [-0.2, 0) is 13.1 Å². The molecule has 1 aromatic heterocycles. The first kappa shape index (κ1) is 18.6. The second kappa shape index (κ2) is 8.45. The van der Waals surface area contributed by atoms with Gasteiger partial charge in [0.1, 0.15) is 11.6 Å². The Balaban J connectivity index is 1.82. The van der Waals surface area contributed by atoms with Crippen LogP contribution in [0, 0.1) is 12.7 Å². The van der Waals surface area contributed by atoms with E-state index < -0.39 is 5.82 Å². The molecule has 3 aromatic rings. The molecule has 0 fully saturated rings. The Labute approximate surface area is 158 Å². The fraction of sp³-hybridized carbons (Fsp3) is 0.182. The molecular formula is C22H22FN3O. The average molecular weight is 363 g/mol. The second-order valence-corrected chi connectivity index (χ2v) is 6.41. The molecule has 1 heterocycles. The van der Waals surface area contributed by atoms with E-state index >= 15 is 0 Å². The summed E-state index contributed by atoms with van der Waals surface area (Å²) < 4.78 is 16.0. The number of aromatic nitrogens is 2. The molecule has 0 unspecified atom stereocenters. The number of halogens is 1. The normalized spacial score (nSPS) is 10.6. The lowest BCUT2D eigenvalue weighted by atomic mass is 10.1. The second-order valence-electron chi connectivity index (χ2n) is 6.41. The molecule has 1 amide bonds. The predicted octanol–water partition coefficient (Wildman–Crippen LogP) is 4.21. The maximum absolute atomic E-state index is 14.0. The van der Waals surface area contributed by atoms with Crippen molar-refractivity contribution in [1.82, 2.24) is 14.5 Å². The topological polar surface area (TPSA) is 38.1 Å². The first-order valence-electron chi connectivity index (χ1n) is 8.78. The first-order valence-corrected chi connectivity index (χ1v) is 8.78. The molecule has 0 saturated heterocycles. The first-order chi connectivity index (χ1) is 13.1. The summed E-state index contributed by atoms with van der Waals surface area (Å²) in [4.78, 5) is 18.7. The smallest absolute Gasteiger partial charge is 0.257 e. The molecule has 4 nitrogen and oxygen atoms in total. The number of rotatable bonds is 7. The predicted molar refractivity (Wildman–Crippen MR) is 104 cm³/mol. The number of amides is 1. The SMILES string of the molecule is C=CCN(Cc1nccn1Cc1cccc(C)c1)C(=O)c1ccccc1F. The molecule has 0 spiro atoms. The van der Waals surface area contributed by atoms with Gasteiger partial charge in [-0.25, -0.2) is 9.37 Å². The van der Waals surface area contributed by atoms with Crippen molar-refractivity contribution in [3.8, 4) is 0 Å². The number of imidazole rings is 1. The van der Waals surface area contributed by atoms with Gasteiger partial charge in [0, 0.05) is 25.5 Å². The third-order valence-corrected chi connectivity index (χ3v) is 4.31. The minimum absolute atomic E-state index is 0.0520. The molecule has 3 rings (SSSR count). The van der Waals surface area contributed by atoms with E-state index in [-0.39, 0.29) is 18.0 Å². The van der Waals surface area contributed by atoms with E-state index in [1.54, 1.807) is 29.3 Å². The maximum atomic E-state index is 14.0. The highest BCUT2D eigenvalue weighted by molar-refractivity contribution is 5.94. The zero-order valence-corrected chi connectivity index (χ0v) is 15.3. The van der Waals surface area contributed by atoms with Crippen LogP contribution in [0.3, 0.4) is 0 Å². The van der Waals surface area contributed by atoms with Gasteiger partial charge in [-0.2, -0.15) is 0 Å². The van der Waals surface area contributed by atoms with Gasteiger partial charge < -0.3 is 9.47 Å². The summed E-state index contributed by atoms with van der Waals surface area (Å²) in [6, 6.07) is 14.3.